The number of carbonyl (C=O) groups excluding carboxylic acids is 2. The lowest BCUT2D eigenvalue weighted by molar-refractivity contribution is -0.122. The van der Waals surface area contributed by atoms with E-state index >= 15 is 0 Å². The minimum absolute atomic E-state index is 0.0299. The minimum atomic E-state index is -0.483. The van der Waals surface area contributed by atoms with Crippen LogP contribution in [-0.2, 0) is 9.59 Å². The van der Waals surface area contributed by atoms with E-state index in [4.69, 9.17) is 5.73 Å². The fraction of sp³-hybridized carbons (Fsp3) is 0.714. The molecule has 4 nitrogen and oxygen atoms in total. The highest BCUT2D eigenvalue weighted by molar-refractivity contribution is 5.81. The van der Waals surface area contributed by atoms with Crippen molar-refractivity contribution in [1.29, 1.82) is 0 Å². The molecule has 1 aliphatic heterocycles. The number of aldehydes is 1. The first-order valence-corrected chi connectivity index (χ1v) is 3.72. The van der Waals surface area contributed by atoms with Crippen molar-refractivity contribution in [3.63, 3.8) is 0 Å². The number of nitrogens with two attached hydrogens (primary N) is 1. The third-order valence-electron chi connectivity index (χ3n) is 1.89. The number of carbonyl (C=O) groups is 2. The van der Waals surface area contributed by atoms with E-state index in [-0.39, 0.29) is 11.8 Å². The van der Waals surface area contributed by atoms with Crippen molar-refractivity contribution >= 4 is 12.2 Å². The van der Waals surface area contributed by atoms with Crippen molar-refractivity contribution in [3.8, 4) is 0 Å². The molecule has 1 heterocycles. The topological polar surface area (TPSA) is 72.2 Å². The van der Waals surface area contributed by atoms with Crippen molar-refractivity contribution in [2.75, 3.05) is 6.54 Å². The van der Waals surface area contributed by atoms with Crippen LogP contribution in [0.3, 0.4) is 0 Å². The third kappa shape index (κ3) is 2.01. The van der Waals surface area contributed by atoms with E-state index in [1.54, 1.807) is 0 Å². The van der Waals surface area contributed by atoms with Crippen LogP contribution in [0.15, 0.2) is 0 Å². The quantitative estimate of drug-likeness (QED) is 0.517. The summed E-state index contributed by atoms with van der Waals surface area (Å²) in [6.07, 6.45) is 1.97. The van der Waals surface area contributed by atoms with Crippen LogP contribution in [0, 0.1) is 5.92 Å². The highest BCUT2D eigenvalue weighted by Crippen LogP contribution is 2.14. The second-order valence-electron chi connectivity index (χ2n) is 2.81. The summed E-state index contributed by atoms with van der Waals surface area (Å²) in [7, 11) is 0. The summed E-state index contributed by atoms with van der Waals surface area (Å²) in [5, 5.41) is 2.69. The van der Waals surface area contributed by atoms with Gasteiger partial charge in [0.25, 0.3) is 0 Å². The highest BCUT2D eigenvalue weighted by Gasteiger charge is 2.25. The molecule has 0 bridgehead atoms. The summed E-state index contributed by atoms with van der Waals surface area (Å²) in [6.45, 7) is 0.717. The molecule has 0 unspecified atom stereocenters. The van der Waals surface area contributed by atoms with Gasteiger partial charge >= 0.3 is 0 Å². The van der Waals surface area contributed by atoms with Crippen LogP contribution in [0.25, 0.3) is 0 Å². The molecule has 1 rings (SSSR count). The van der Waals surface area contributed by atoms with Gasteiger partial charge in [-0.2, -0.15) is 0 Å². The zero-order valence-electron chi connectivity index (χ0n) is 6.25. The van der Waals surface area contributed by atoms with Crippen LogP contribution < -0.4 is 11.1 Å². The van der Waals surface area contributed by atoms with Gasteiger partial charge in [0, 0.05) is 12.5 Å². The molecular formula is C7H12N2O2. The Morgan fingerprint density at radius 1 is 1.82 bits per heavy atom. The van der Waals surface area contributed by atoms with E-state index in [2.05, 4.69) is 5.32 Å². The first-order valence-electron chi connectivity index (χ1n) is 3.72. The SMILES string of the molecule is N[C@H](C=O)C[C@@H]1CCNC1=O. The lowest BCUT2D eigenvalue weighted by Gasteiger charge is -2.07. The molecule has 62 valence electrons. The molecule has 1 amide bonds. The largest absolute Gasteiger partial charge is 0.356 e. The Kier molecular flexibility index (Phi) is 2.59. The van der Waals surface area contributed by atoms with Gasteiger partial charge in [-0.05, 0) is 12.8 Å². The van der Waals surface area contributed by atoms with Crippen molar-refractivity contribution < 1.29 is 9.59 Å². The summed E-state index contributed by atoms with van der Waals surface area (Å²) < 4.78 is 0. The van der Waals surface area contributed by atoms with E-state index in [9.17, 15) is 9.59 Å². The maximum Gasteiger partial charge on any atom is 0.223 e. The van der Waals surface area contributed by atoms with Crippen LogP contribution in [-0.4, -0.2) is 24.8 Å². The van der Waals surface area contributed by atoms with E-state index in [1.165, 1.54) is 0 Å². The molecule has 0 aromatic carbocycles. The van der Waals surface area contributed by atoms with Crippen molar-refractivity contribution in [2.45, 2.75) is 18.9 Å². The smallest absolute Gasteiger partial charge is 0.223 e. The molecule has 2 atom stereocenters. The average molecular weight is 156 g/mol. The Morgan fingerprint density at radius 3 is 3.00 bits per heavy atom. The average Bonchev–Trinajstić information content (AvgIpc) is 2.37. The first-order chi connectivity index (χ1) is 5.24. The molecular weight excluding hydrogens is 144 g/mol. The Labute approximate surface area is 65.1 Å². The van der Waals surface area contributed by atoms with Gasteiger partial charge in [0.15, 0.2) is 0 Å². The summed E-state index contributed by atoms with van der Waals surface area (Å²) >= 11 is 0. The Hall–Kier alpha value is -0.900. The van der Waals surface area contributed by atoms with Crippen LogP contribution >= 0.6 is 0 Å². The summed E-state index contributed by atoms with van der Waals surface area (Å²) in [6, 6.07) is -0.483. The second kappa shape index (κ2) is 3.48. The first kappa shape index (κ1) is 8.20. The fourth-order valence-electron chi connectivity index (χ4n) is 1.25. The molecule has 0 saturated carbocycles. The molecule has 0 aliphatic carbocycles. The van der Waals surface area contributed by atoms with Crippen molar-refractivity contribution in [2.24, 2.45) is 11.7 Å². The zero-order valence-corrected chi connectivity index (χ0v) is 6.25. The van der Waals surface area contributed by atoms with E-state index in [1.807, 2.05) is 0 Å². The van der Waals surface area contributed by atoms with E-state index in [0.717, 1.165) is 13.0 Å². The molecule has 1 fully saturated rings. The van der Waals surface area contributed by atoms with Gasteiger partial charge in [0.1, 0.15) is 6.29 Å². The third-order valence-corrected chi connectivity index (χ3v) is 1.89. The predicted octanol–water partition coefficient (Wildman–Crippen LogP) is -0.961. The van der Waals surface area contributed by atoms with Crippen LogP contribution in [0.5, 0.6) is 0 Å². The second-order valence-corrected chi connectivity index (χ2v) is 2.81. The van der Waals surface area contributed by atoms with Crippen LogP contribution in [0.1, 0.15) is 12.8 Å². The van der Waals surface area contributed by atoms with Crippen molar-refractivity contribution in [1.82, 2.24) is 5.32 Å². The predicted molar refractivity (Wildman–Crippen MR) is 39.8 cm³/mol. The maximum atomic E-state index is 10.9. The number of nitrogens with one attached hydrogen (secondary N) is 1. The molecule has 3 N–H and O–H groups in total. The normalized spacial score (nSPS) is 26.3. The minimum Gasteiger partial charge on any atom is -0.356 e. The monoisotopic (exact) mass is 156 g/mol. The molecule has 0 aromatic rings. The summed E-state index contributed by atoms with van der Waals surface area (Å²) in [5.41, 5.74) is 5.37. The maximum absolute atomic E-state index is 10.9. The Morgan fingerprint density at radius 2 is 2.55 bits per heavy atom. The van der Waals surface area contributed by atoms with Gasteiger partial charge in [-0.25, -0.2) is 0 Å². The van der Waals surface area contributed by atoms with E-state index < -0.39 is 6.04 Å². The fourth-order valence-corrected chi connectivity index (χ4v) is 1.25. The lowest BCUT2D eigenvalue weighted by Crippen LogP contribution is -2.28. The Bertz CT molecular complexity index is 170. The molecule has 1 saturated heterocycles. The van der Waals surface area contributed by atoms with Gasteiger partial charge in [0.05, 0.1) is 6.04 Å². The van der Waals surface area contributed by atoms with Gasteiger partial charge < -0.3 is 15.8 Å². The number of rotatable bonds is 3. The molecule has 0 radical (unpaired) electrons. The van der Waals surface area contributed by atoms with Crippen molar-refractivity contribution in [3.05, 3.63) is 0 Å². The van der Waals surface area contributed by atoms with E-state index in [0.29, 0.717) is 12.7 Å². The summed E-state index contributed by atoms with van der Waals surface area (Å²) in [5.74, 6) is -0.0162. The zero-order chi connectivity index (χ0) is 8.27. The van der Waals surface area contributed by atoms with Crippen LogP contribution in [0.2, 0.25) is 0 Å². The van der Waals surface area contributed by atoms with Gasteiger partial charge in [-0.3, -0.25) is 4.79 Å². The van der Waals surface area contributed by atoms with Gasteiger partial charge in [-0.15, -0.1) is 0 Å². The molecule has 4 heteroatoms. The molecule has 1 aliphatic rings. The molecule has 11 heavy (non-hydrogen) atoms. The Balaban J connectivity index is 2.36. The molecule has 0 aromatic heterocycles. The lowest BCUT2D eigenvalue weighted by atomic mass is 10.00. The number of hydrogen-bond donors (Lipinski definition) is 2. The van der Waals surface area contributed by atoms with Crippen LogP contribution in [0.4, 0.5) is 0 Å². The standard InChI is InChI=1S/C7H12N2O2/c8-6(4-10)3-5-1-2-9-7(5)11/h4-6H,1-3,8H2,(H,9,11)/t5-,6-/m0/s1. The number of hydrogen-bond acceptors (Lipinski definition) is 3. The summed E-state index contributed by atoms with van der Waals surface area (Å²) in [4.78, 5) is 21.1. The molecule has 0 spiro atoms. The van der Waals surface area contributed by atoms with Gasteiger partial charge in [-0.1, -0.05) is 0 Å². The van der Waals surface area contributed by atoms with Gasteiger partial charge in [0.2, 0.25) is 5.91 Å². The number of amides is 1. The highest BCUT2D eigenvalue weighted by atomic mass is 16.2.